The molecule has 1 N–H and O–H groups in total. The van der Waals surface area contributed by atoms with E-state index in [0.717, 1.165) is 28.1 Å². The monoisotopic (exact) mass is 444 g/mol. The maximum atomic E-state index is 6.63. The molecule has 0 aliphatic carbocycles. The molecule has 2 aliphatic rings. The van der Waals surface area contributed by atoms with Crippen LogP contribution in [0.15, 0.2) is 71.9 Å². The van der Waals surface area contributed by atoms with E-state index in [1.54, 1.807) is 31.9 Å². The van der Waals surface area contributed by atoms with Crippen molar-refractivity contribution in [2.24, 2.45) is 0 Å². The normalized spacial score (nSPS) is 18.7. The zero-order valence-corrected chi connectivity index (χ0v) is 18.3. The molecule has 0 spiro atoms. The van der Waals surface area contributed by atoms with Gasteiger partial charge < -0.3 is 19.5 Å². The highest BCUT2D eigenvalue weighted by molar-refractivity contribution is 7.10. The fraction of sp³-hybridized carbons (Fsp3) is 0.167. The molecule has 4 heterocycles. The highest BCUT2D eigenvalue weighted by Crippen LogP contribution is 2.51. The van der Waals surface area contributed by atoms with Crippen molar-refractivity contribution in [2.45, 2.75) is 12.1 Å². The summed E-state index contributed by atoms with van der Waals surface area (Å²) in [7, 11) is 3.28. The van der Waals surface area contributed by atoms with E-state index in [4.69, 9.17) is 14.2 Å². The maximum absolute atomic E-state index is 6.63. The fourth-order valence-electron chi connectivity index (χ4n) is 4.43. The van der Waals surface area contributed by atoms with Gasteiger partial charge in [0.15, 0.2) is 11.5 Å². The lowest BCUT2D eigenvalue weighted by Gasteiger charge is -2.38. The molecule has 160 valence electrons. The average molecular weight is 445 g/mol. The number of nitrogens with one attached hydrogen (secondary N) is 1. The van der Waals surface area contributed by atoms with Gasteiger partial charge in [0.2, 0.25) is 5.95 Å². The van der Waals surface area contributed by atoms with E-state index in [1.807, 2.05) is 41.1 Å². The van der Waals surface area contributed by atoms with Crippen LogP contribution in [-0.2, 0) is 0 Å². The third-order valence-electron chi connectivity index (χ3n) is 5.84. The smallest absolute Gasteiger partial charge is 0.226 e. The Hall–Kier alpha value is -3.78. The fourth-order valence-corrected chi connectivity index (χ4v) is 5.26. The first-order valence-corrected chi connectivity index (χ1v) is 11.1. The van der Waals surface area contributed by atoms with E-state index >= 15 is 0 Å². The number of fused-ring (bicyclic) bond motifs is 3. The number of hydrogen-bond acceptors (Lipinski definition) is 7. The quantitative estimate of drug-likeness (QED) is 0.482. The van der Waals surface area contributed by atoms with Gasteiger partial charge in [-0.2, -0.15) is 10.1 Å². The lowest BCUT2D eigenvalue weighted by Crippen LogP contribution is -2.32. The summed E-state index contributed by atoms with van der Waals surface area (Å²) in [6.07, 6.45) is 1.23. The first-order valence-electron chi connectivity index (χ1n) is 10.2. The first-order chi connectivity index (χ1) is 15.8. The molecule has 7 nitrogen and oxygen atoms in total. The van der Waals surface area contributed by atoms with Gasteiger partial charge in [0.05, 0.1) is 19.9 Å². The van der Waals surface area contributed by atoms with Crippen molar-refractivity contribution in [2.75, 3.05) is 19.5 Å². The number of thiophene rings is 1. The summed E-state index contributed by atoms with van der Waals surface area (Å²) in [6.45, 7) is 0. The van der Waals surface area contributed by atoms with Crippen molar-refractivity contribution in [3.63, 3.8) is 0 Å². The van der Waals surface area contributed by atoms with Gasteiger partial charge >= 0.3 is 0 Å². The van der Waals surface area contributed by atoms with E-state index < -0.39 is 0 Å². The van der Waals surface area contributed by atoms with Gasteiger partial charge in [0.1, 0.15) is 24.2 Å². The first kappa shape index (κ1) is 18.9. The van der Waals surface area contributed by atoms with E-state index in [1.165, 1.54) is 4.88 Å². The van der Waals surface area contributed by atoms with Crippen molar-refractivity contribution in [1.82, 2.24) is 14.8 Å². The molecule has 0 bridgehead atoms. The van der Waals surface area contributed by atoms with Crippen LogP contribution < -0.4 is 19.5 Å². The number of hydrogen-bond donors (Lipinski definition) is 1. The molecule has 0 amide bonds. The second kappa shape index (κ2) is 7.42. The highest BCUT2D eigenvalue weighted by Gasteiger charge is 2.41. The van der Waals surface area contributed by atoms with Crippen LogP contribution in [0.25, 0.3) is 5.70 Å². The minimum Gasteiger partial charge on any atom is -0.493 e. The molecule has 2 unspecified atom stereocenters. The molecule has 0 radical (unpaired) electrons. The van der Waals surface area contributed by atoms with E-state index in [9.17, 15) is 0 Å². The number of nitrogens with zero attached hydrogens (tertiary/aromatic N) is 3. The summed E-state index contributed by atoms with van der Waals surface area (Å²) < 4.78 is 19.6. The van der Waals surface area contributed by atoms with Crippen LogP contribution in [0.5, 0.6) is 17.2 Å². The van der Waals surface area contributed by atoms with Crippen molar-refractivity contribution < 1.29 is 14.2 Å². The van der Waals surface area contributed by atoms with Gasteiger partial charge in [-0.05, 0) is 35.7 Å². The number of rotatable bonds is 4. The van der Waals surface area contributed by atoms with E-state index in [2.05, 4.69) is 39.0 Å². The molecule has 6 rings (SSSR count). The Morgan fingerprint density at radius 2 is 1.91 bits per heavy atom. The van der Waals surface area contributed by atoms with Crippen molar-refractivity contribution in [3.8, 4) is 17.2 Å². The van der Waals surface area contributed by atoms with Gasteiger partial charge in [-0.15, -0.1) is 11.3 Å². The standard InChI is InChI=1S/C24H20N4O3S/c1-29-17-10-9-14(12-18(17)30-2)23-20-21(15-6-3-4-7-16(15)31-23)27-24-25-13-26-28(24)22(20)19-8-5-11-32-19/h3-13,22-23H,1-2H3,(H,25,26,27). The summed E-state index contributed by atoms with van der Waals surface area (Å²) in [5.41, 5.74) is 4.06. The Kier molecular flexibility index (Phi) is 4.39. The molecule has 0 saturated heterocycles. The number of para-hydroxylation sites is 1. The molecule has 2 aromatic heterocycles. The minimum absolute atomic E-state index is 0.143. The number of anilines is 1. The van der Waals surface area contributed by atoms with Gasteiger partial charge in [-0.3, -0.25) is 0 Å². The van der Waals surface area contributed by atoms with Crippen molar-refractivity contribution in [1.29, 1.82) is 0 Å². The molecule has 2 aliphatic heterocycles. The Morgan fingerprint density at radius 1 is 1.03 bits per heavy atom. The number of aromatic nitrogens is 3. The number of methoxy groups -OCH3 is 2. The van der Waals surface area contributed by atoms with Gasteiger partial charge in [-0.25, -0.2) is 4.68 Å². The summed E-state index contributed by atoms with van der Waals surface area (Å²) >= 11 is 1.69. The summed E-state index contributed by atoms with van der Waals surface area (Å²) in [6, 6.07) is 18.0. The molecular weight excluding hydrogens is 424 g/mol. The predicted octanol–water partition coefficient (Wildman–Crippen LogP) is 4.92. The molecule has 4 aromatic rings. The van der Waals surface area contributed by atoms with Crippen LogP contribution in [-0.4, -0.2) is 29.0 Å². The Balaban J connectivity index is 1.60. The van der Waals surface area contributed by atoms with E-state index in [-0.39, 0.29) is 12.1 Å². The SMILES string of the molecule is COc1ccc(C2Oc3ccccc3C3=C2C(c2cccs2)n2ncnc2N3)cc1OC. The average Bonchev–Trinajstić information content (AvgIpc) is 3.54. The highest BCUT2D eigenvalue weighted by atomic mass is 32.1. The van der Waals surface area contributed by atoms with Crippen molar-refractivity contribution in [3.05, 3.63) is 87.9 Å². The number of benzene rings is 2. The molecular formula is C24H20N4O3S. The minimum atomic E-state index is -0.350. The third kappa shape index (κ3) is 2.80. The molecule has 2 atom stereocenters. The molecule has 0 saturated carbocycles. The van der Waals surface area contributed by atoms with Crippen LogP contribution in [0.2, 0.25) is 0 Å². The Bertz CT molecular complexity index is 1330. The van der Waals surface area contributed by atoms with Crippen LogP contribution in [0.4, 0.5) is 5.95 Å². The van der Waals surface area contributed by atoms with E-state index in [0.29, 0.717) is 17.4 Å². The largest absolute Gasteiger partial charge is 0.493 e. The van der Waals surface area contributed by atoms with Crippen molar-refractivity contribution >= 4 is 23.0 Å². The second-order valence-corrected chi connectivity index (χ2v) is 8.49. The number of ether oxygens (including phenoxy) is 3. The topological polar surface area (TPSA) is 70.4 Å². The zero-order chi connectivity index (χ0) is 21.7. The van der Waals surface area contributed by atoms with Crippen LogP contribution >= 0.6 is 11.3 Å². The second-order valence-electron chi connectivity index (χ2n) is 7.51. The molecule has 32 heavy (non-hydrogen) atoms. The van der Waals surface area contributed by atoms with Gasteiger partial charge in [0, 0.05) is 21.6 Å². The molecule has 8 heteroatoms. The predicted molar refractivity (Wildman–Crippen MR) is 122 cm³/mol. The summed E-state index contributed by atoms with van der Waals surface area (Å²) in [5.74, 6) is 2.87. The van der Waals surface area contributed by atoms with Gasteiger partial charge in [-0.1, -0.05) is 24.3 Å². The third-order valence-corrected chi connectivity index (χ3v) is 6.77. The zero-order valence-electron chi connectivity index (χ0n) is 17.5. The summed E-state index contributed by atoms with van der Waals surface area (Å²) in [5, 5.41) is 10.1. The lowest BCUT2D eigenvalue weighted by atomic mass is 9.87. The lowest BCUT2D eigenvalue weighted by molar-refractivity contribution is 0.222. The molecule has 2 aromatic carbocycles. The van der Waals surface area contributed by atoms with Crippen LogP contribution in [0.1, 0.15) is 28.1 Å². The molecule has 0 fully saturated rings. The Labute approximate surface area is 188 Å². The van der Waals surface area contributed by atoms with Gasteiger partial charge in [0.25, 0.3) is 0 Å². The van der Waals surface area contributed by atoms with Crippen LogP contribution in [0.3, 0.4) is 0 Å². The maximum Gasteiger partial charge on any atom is 0.226 e. The summed E-state index contributed by atoms with van der Waals surface area (Å²) in [4.78, 5) is 5.63. The van der Waals surface area contributed by atoms with Crippen LogP contribution in [0, 0.1) is 0 Å². The Morgan fingerprint density at radius 3 is 2.72 bits per heavy atom.